The lowest BCUT2D eigenvalue weighted by molar-refractivity contribution is 0.184. The molecule has 1 aliphatic heterocycles. The summed E-state index contributed by atoms with van der Waals surface area (Å²) >= 11 is 7.65. The van der Waals surface area contributed by atoms with E-state index in [1.54, 1.807) is 34.2 Å². The largest absolute Gasteiger partial charge is 0.402 e. The van der Waals surface area contributed by atoms with Crippen molar-refractivity contribution in [3.05, 3.63) is 58.8 Å². The Kier molecular flexibility index (Phi) is 6.00. The van der Waals surface area contributed by atoms with Gasteiger partial charge in [0.25, 0.3) is 0 Å². The molecule has 34 heavy (non-hydrogen) atoms. The van der Waals surface area contributed by atoms with Gasteiger partial charge in [-0.1, -0.05) is 29.4 Å². The van der Waals surface area contributed by atoms with E-state index in [4.69, 9.17) is 33.0 Å². The molecule has 2 aliphatic rings. The van der Waals surface area contributed by atoms with E-state index in [1.165, 1.54) is 17.3 Å². The quantitative estimate of drug-likeness (QED) is 0.454. The van der Waals surface area contributed by atoms with Gasteiger partial charge in [-0.15, -0.1) is 0 Å². The molecular weight excluding hydrogens is 467 g/mol. The molecule has 1 fully saturated rings. The third-order valence-corrected chi connectivity index (χ3v) is 8.38. The van der Waals surface area contributed by atoms with Crippen LogP contribution >= 0.6 is 23.4 Å². The highest BCUT2D eigenvalue weighted by molar-refractivity contribution is 7.99. The Morgan fingerprint density at radius 3 is 2.65 bits per heavy atom. The Morgan fingerprint density at radius 2 is 1.94 bits per heavy atom. The maximum absolute atomic E-state index is 10.9. The fourth-order valence-corrected chi connectivity index (χ4v) is 6.01. The zero-order valence-corrected chi connectivity index (χ0v) is 20.8. The van der Waals surface area contributed by atoms with Crippen LogP contribution in [0, 0.1) is 5.41 Å². The Hall–Kier alpha value is -2.33. The van der Waals surface area contributed by atoms with Gasteiger partial charge in [0.05, 0.1) is 16.9 Å². The molecule has 1 saturated heterocycles. The summed E-state index contributed by atoms with van der Waals surface area (Å²) < 4.78 is 0. The molecule has 0 radical (unpaired) electrons. The van der Waals surface area contributed by atoms with Gasteiger partial charge in [0.2, 0.25) is 0 Å². The van der Waals surface area contributed by atoms with E-state index in [0.29, 0.717) is 21.6 Å². The van der Waals surface area contributed by atoms with Crippen LogP contribution in [0.5, 0.6) is 0 Å². The highest BCUT2D eigenvalue weighted by atomic mass is 35.5. The van der Waals surface area contributed by atoms with Crippen molar-refractivity contribution >= 4 is 50.7 Å². The summed E-state index contributed by atoms with van der Waals surface area (Å²) in [4.78, 5) is 21.0. The first-order chi connectivity index (χ1) is 16.2. The Morgan fingerprint density at radius 1 is 1.18 bits per heavy atom. The second-order valence-corrected chi connectivity index (χ2v) is 11.0. The molecule has 3 aromatic heterocycles. The third kappa shape index (κ3) is 4.15. The van der Waals surface area contributed by atoms with Crippen LogP contribution < -0.4 is 16.4 Å². The molecule has 8 nitrogen and oxygen atoms in total. The molecule has 1 atom stereocenters. The monoisotopic (exact) mass is 493 g/mol. The maximum Gasteiger partial charge on any atom is 0.151 e. The van der Waals surface area contributed by atoms with E-state index >= 15 is 0 Å². The maximum atomic E-state index is 10.9. The molecule has 1 spiro atoms. The Balaban J connectivity index is 1.39. The highest BCUT2D eigenvalue weighted by Crippen LogP contribution is 2.50. The molecule has 4 heterocycles. The van der Waals surface area contributed by atoms with Gasteiger partial charge in [-0.05, 0) is 42.4 Å². The van der Waals surface area contributed by atoms with E-state index in [1.807, 2.05) is 12.3 Å². The van der Waals surface area contributed by atoms with Crippen LogP contribution in [0.3, 0.4) is 0 Å². The molecule has 1 aliphatic carbocycles. The number of piperidine rings is 1. The molecular formula is C22H26B2ClN7OS. The Labute approximate surface area is 209 Å². The molecule has 3 aromatic rings. The van der Waals surface area contributed by atoms with E-state index in [2.05, 4.69) is 20.9 Å². The fourth-order valence-electron chi connectivity index (χ4n) is 5.00. The normalized spacial score (nSPS) is 19.4. The SMILES string of the molecule is BC(B)(O)c1nc(Sc2ccnc(N)c2Cl)cnc1N1CCC2(CC1)Cc1ncccc1[C@H]2N. The number of nitrogens with zero attached hydrogens (tertiary/aromatic N) is 5. The summed E-state index contributed by atoms with van der Waals surface area (Å²) in [5.74, 6) is 0.970. The van der Waals surface area contributed by atoms with Crippen LogP contribution in [0.25, 0.3) is 0 Å². The van der Waals surface area contributed by atoms with Gasteiger partial charge in [0.1, 0.15) is 26.5 Å². The predicted octanol–water partition coefficient (Wildman–Crippen LogP) is 0.865. The van der Waals surface area contributed by atoms with Crippen molar-refractivity contribution in [2.45, 2.75) is 40.6 Å². The van der Waals surface area contributed by atoms with Crippen molar-refractivity contribution in [3.8, 4) is 0 Å². The fraction of sp³-hybridized carbons (Fsp3) is 0.364. The standard InChI is InChI=1S/C22H26B2ClN7OS/c23-22(24,33)18-20(30-11-15(31-18)34-14-3-7-29-19(27)16(14)25)32-8-4-21(5-9-32)10-13-12(17(21)26)2-1-6-28-13/h1-3,6-7,11,17,33H,4-5,8-10,23-24,26H2,(H2,27,29)/t17-/m1/s1. The topological polar surface area (TPSA) is 127 Å². The van der Waals surface area contributed by atoms with Crippen molar-refractivity contribution < 1.29 is 5.11 Å². The predicted molar refractivity (Wildman–Crippen MR) is 140 cm³/mol. The summed E-state index contributed by atoms with van der Waals surface area (Å²) in [7, 11) is 3.46. The first-order valence-corrected chi connectivity index (χ1v) is 12.5. The minimum atomic E-state index is -1.17. The first kappa shape index (κ1) is 23.4. The lowest BCUT2D eigenvalue weighted by Gasteiger charge is -2.43. The molecule has 0 unspecified atom stereocenters. The number of hydrogen-bond donors (Lipinski definition) is 3. The van der Waals surface area contributed by atoms with Gasteiger partial charge in [0.15, 0.2) is 5.82 Å². The molecule has 12 heteroatoms. The van der Waals surface area contributed by atoms with E-state index in [9.17, 15) is 5.11 Å². The van der Waals surface area contributed by atoms with Gasteiger partial charge in [0, 0.05) is 47.5 Å². The highest BCUT2D eigenvalue weighted by Gasteiger charge is 2.47. The number of aromatic nitrogens is 4. The van der Waals surface area contributed by atoms with Crippen LogP contribution in [-0.2, 0) is 11.8 Å². The zero-order chi connectivity index (χ0) is 24.1. The van der Waals surface area contributed by atoms with E-state index in [-0.39, 0.29) is 17.3 Å². The van der Waals surface area contributed by atoms with Gasteiger partial charge in [-0.25, -0.2) is 15.0 Å². The summed E-state index contributed by atoms with van der Waals surface area (Å²) in [6, 6.07) is 5.84. The second-order valence-electron chi connectivity index (χ2n) is 9.59. The second kappa shape index (κ2) is 8.71. The number of halogens is 1. The number of fused-ring (bicyclic) bond motifs is 1. The number of pyridine rings is 2. The van der Waals surface area contributed by atoms with E-state index in [0.717, 1.165) is 42.9 Å². The lowest BCUT2D eigenvalue weighted by Crippen LogP contribution is -2.45. The number of anilines is 2. The number of rotatable bonds is 4. The average molecular weight is 494 g/mol. The van der Waals surface area contributed by atoms with Crippen molar-refractivity contribution in [2.75, 3.05) is 23.7 Å². The third-order valence-electron chi connectivity index (χ3n) is 6.90. The van der Waals surface area contributed by atoms with Crippen LogP contribution in [0.1, 0.15) is 35.8 Å². The number of nitrogen functional groups attached to an aromatic ring is 1. The minimum absolute atomic E-state index is 0.00508. The first-order valence-electron chi connectivity index (χ1n) is 11.3. The summed E-state index contributed by atoms with van der Waals surface area (Å²) in [6.07, 6.45) is 7.94. The summed E-state index contributed by atoms with van der Waals surface area (Å²) in [6.45, 7) is 1.58. The number of aliphatic hydroxyl groups is 1. The van der Waals surface area contributed by atoms with Gasteiger partial charge >= 0.3 is 0 Å². The van der Waals surface area contributed by atoms with Crippen LogP contribution in [0.15, 0.2) is 46.7 Å². The molecule has 0 amide bonds. The molecule has 174 valence electrons. The van der Waals surface area contributed by atoms with Crippen LogP contribution in [-0.4, -0.2) is 53.8 Å². The average Bonchev–Trinajstić information content (AvgIpc) is 3.08. The molecule has 0 bridgehead atoms. The smallest absolute Gasteiger partial charge is 0.151 e. The van der Waals surface area contributed by atoms with Gasteiger partial charge < -0.3 is 21.5 Å². The van der Waals surface area contributed by atoms with Crippen molar-refractivity contribution in [1.82, 2.24) is 19.9 Å². The van der Waals surface area contributed by atoms with E-state index < -0.39 is 5.40 Å². The van der Waals surface area contributed by atoms with Crippen LogP contribution in [0.2, 0.25) is 5.02 Å². The van der Waals surface area contributed by atoms with Gasteiger partial charge in [-0.3, -0.25) is 4.98 Å². The zero-order valence-electron chi connectivity index (χ0n) is 19.2. The number of nitrogens with two attached hydrogens (primary N) is 2. The van der Waals surface area contributed by atoms with Crippen molar-refractivity contribution in [1.29, 1.82) is 0 Å². The number of hydrogen-bond acceptors (Lipinski definition) is 9. The summed E-state index contributed by atoms with van der Waals surface area (Å²) in [5.41, 5.74) is 15.4. The Bertz CT molecular complexity index is 1230. The molecule has 0 saturated carbocycles. The minimum Gasteiger partial charge on any atom is -0.402 e. The van der Waals surface area contributed by atoms with Crippen molar-refractivity contribution in [3.63, 3.8) is 0 Å². The molecule has 5 N–H and O–H groups in total. The van der Waals surface area contributed by atoms with Gasteiger partial charge in [-0.2, -0.15) is 0 Å². The van der Waals surface area contributed by atoms with Crippen molar-refractivity contribution in [2.24, 2.45) is 11.1 Å². The lowest BCUT2D eigenvalue weighted by atomic mass is 9.63. The molecule has 0 aromatic carbocycles. The van der Waals surface area contributed by atoms with Crippen LogP contribution in [0.4, 0.5) is 11.6 Å². The molecule has 5 rings (SSSR count). The summed E-state index contributed by atoms with van der Waals surface area (Å²) in [5, 5.41) is 10.8.